The molecule has 0 atom stereocenters. The van der Waals surface area contributed by atoms with Gasteiger partial charge in [0.1, 0.15) is 0 Å². The molecule has 21 heavy (non-hydrogen) atoms. The number of thioether (sulfide) groups is 1. The molecule has 1 saturated carbocycles. The Bertz CT molecular complexity index is 556. The van der Waals surface area contributed by atoms with Crippen molar-refractivity contribution in [2.45, 2.75) is 24.0 Å². The summed E-state index contributed by atoms with van der Waals surface area (Å²) in [5, 5.41) is 14.6. The number of hydrogen-bond donors (Lipinski definition) is 3. The fraction of sp³-hybridized carbons (Fsp3) is 0.429. The third-order valence-corrected chi connectivity index (χ3v) is 5.64. The highest BCUT2D eigenvalue weighted by atomic mass is 79.9. The number of rotatable bonds is 5. The number of urea groups is 1. The second-order valence-electron chi connectivity index (χ2n) is 5.04. The molecule has 1 aliphatic rings. The van der Waals surface area contributed by atoms with Gasteiger partial charge in [0.2, 0.25) is 0 Å². The molecular weight excluding hydrogens is 356 g/mol. The molecule has 0 aromatic heterocycles. The molecule has 2 amide bonds. The molecule has 5 nitrogen and oxygen atoms in total. The van der Waals surface area contributed by atoms with Crippen LogP contribution in [0.2, 0.25) is 0 Å². The van der Waals surface area contributed by atoms with Crippen LogP contribution in [0.1, 0.15) is 29.6 Å². The Morgan fingerprint density at radius 2 is 2.14 bits per heavy atom. The van der Waals surface area contributed by atoms with Crippen LogP contribution in [0.5, 0.6) is 0 Å². The Labute approximate surface area is 136 Å². The van der Waals surface area contributed by atoms with Crippen molar-refractivity contribution < 1.29 is 14.7 Å². The molecule has 1 aromatic rings. The van der Waals surface area contributed by atoms with Gasteiger partial charge in [0, 0.05) is 15.8 Å². The summed E-state index contributed by atoms with van der Waals surface area (Å²) in [4.78, 5) is 23.1. The van der Waals surface area contributed by atoms with Crippen molar-refractivity contribution in [2.24, 2.45) is 0 Å². The quantitative estimate of drug-likeness (QED) is 0.738. The van der Waals surface area contributed by atoms with Crippen LogP contribution >= 0.6 is 27.7 Å². The number of carboxylic acids is 1. The lowest BCUT2D eigenvalue weighted by Crippen LogP contribution is -2.46. The smallest absolute Gasteiger partial charge is 0.337 e. The highest BCUT2D eigenvalue weighted by Crippen LogP contribution is 2.42. The first kappa shape index (κ1) is 16.2. The molecule has 0 radical (unpaired) electrons. The van der Waals surface area contributed by atoms with Crippen molar-refractivity contribution in [3.8, 4) is 0 Å². The number of aromatic carboxylic acids is 1. The summed E-state index contributed by atoms with van der Waals surface area (Å²) < 4.78 is 0.800. The van der Waals surface area contributed by atoms with Crippen molar-refractivity contribution in [3.05, 3.63) is 28.2 Å². The van der Waals surface area contributed by atoms with E-state index < -0.39 is 5.97 Å². The number of hydrogen-bond acceptors (Lipinski definition) is 3. The van der Waals surface area contributed by atoms with Crippen LogP contribution in [0.4, 0.5) is 10.5 Å². The second-order valence-corrected chi connectivity index (χ2v) is 7.23. The molecule has 1 aromatic carbocycles. The number of carbonyl (C=O) groups excluding carboxylic acids is 1. The maximum absolute atomic E-state index is 11.9. The average Bonchev–Trinajstić information content (AvgIpc) is 2.40. The molecule has 0 heterocycles. The zero-order valence-corrected chi connectivity index (χ0v) is 14.0. The van der Waals surface area contributed by atoms with E-state index in [-0.39, 0.29) is 22.0 Å². The Morgan fingerprint density at radius 3 is 2.67 bits per heavy atom. The zero-order valence-electron chi connectivity index (χ0n) is 11.6. The number of halogens is 1. The molecular formula is C14H17BrN2O3S. The van der Waals surface area contributed by atoms with E-state index in [1.807, 2.05) is 0 Å². The highest BCUT2D eigenvalue weighted by Gasteiger charge is 2.36. The van der Waals surface area contributed by atoms with Gasteiger partial charge >= 0.3 is 12.0 Å². The molecule has 0 bridgehead atoms. The van der Waals surface area contributed by atoms with E-state index in [1.54, 1.807) is 23.9 Å². The monoisotopic (exact) mass is 372 g/mol. The van der Waals surface area contributed by atoms with Gasteiger partial charge < -0.3 is 15.7 Å². The molecule has 3 N–H and O–H groups in total. The van der Waals surface area contributed by atoms with Crippen LogP contribution in [0, 0.1) is 0 Å². The lowest BCUT2D eigenvalue weighted by Gasteiger charge is -2.40. The number of nitrogens with one attached hydrogen (secondary N) is 2. The van der Waals surface area contributed by atoms with Gasteiger partial charge in [0.05, 0.1) is 11.3 Å². The van der Waals surface area contributed by atoms with Gasteiger partial charge in [-0.15, -0.1) is 0 Å². The summed E-state index contributed by atoms with van der Waals surface area (Å²) in [6, 6.07) is 4.35. The molecule has 0 aliphatic heterocycles. The Balaban J connectivity index is 1.98. The lowest BCUT2D eigenvalue weighted by molar-refractivity contribution is 0.0698. The van der Waals surface area contributed by atoms with Gasteiger partial charge in [-0.1, -0.05) is 22.4 Å². The fourth-order valence-electron chi connectivity index (χ4n) is 2.23. The Morgan fingerprint density at radius 1 is 1.43 bits per heavy atom. The van der Waals surface area contributed by atoms with E-state index in [4.69, 9.17) is 5.11 Å². The summed E-state index contributed by atoms with van der Waals surface area (Å²) in [6.07, 6.45) is 5.45. The standard InChI is InChI=1S/C14H17BrN2O3S/c1-21-14(5-2-6-14)8-16-13(20)17-11-4-3-9(15)7-10(11)12(18)19/h3-4,7H,2,5-6,8H2,1H3,(H,18,19)(H2,16,17,20). The maximum Gasteiger partial charge on any atom is 0.337 e. The first-order valence-electron chi connectivity index (χ1n) is 6.59. The van der Waals surface area contributed by atoms with Gasteiger partial charge in [-0.25, -0.2) is 9.59 Å². The first-order valence-corrected chi connectivity index (χ1v) is 8.60. The van der Waals surface area contributed by atoms with Crippen LogP contribution in [-0.2, 0) is 0 Å². The van der Waals surface area contributed by atoms with Crippen LogP contribution in [0.3, 0.4) is 0 Å². The van der Waals surface area contributed by atoms with E-state index >= 15 is 0 Å². The normalized spacial score (nSPS) is 15.9. The highest BCUT2D eigenvalue weighted by molar-refractivity contribution is 9.10. The van der Waals surface area contributed by atoms with Crippen molar-refractivity contribution in [1.29, 1.82) is 0 Å². The van der Waals surface area contributed by atoms with Crippen LogP contribution in [0.15, 0.2) is 22.7 Å². The summed E-state index contributed by atoms with van der Waals surface area (Å²) in [5.41, 5.74) is 0.345. The predicted molar refractivity (Wildman–Crippen MR) is 88.2 cm³/mol. The Hall–Kier alpha value is -1.21. The van der Waals surface area contributed by atoms with E-state index in [0.717, 1.165) is 12.8 Å². The summed E-state index contributed by atoms with van der Waals surface area (Å²) in [5.74, 6) is -1.08. The number of anilines is 1. The van der Waals surface area contributed by atoms with Gasteiger partial charge in [0.15, 0.2) is 0 Å². The van der Waals surface area contributed by atoms with E-state index in [2.05, 4.69) is 32.8 Å². The van der Waals surface area contributed by atoms with Crippen molar-refractivity contribution in [2.75, 3.05) is 18.1 Å². The first-order chi connectivity index (χ1) is 9.96. The van der Waals surface area contributed by atoms with Crippen molar-refractivity contribution in [1.82, 2.24) is 5.32 Å². The van der Waals surface area contributed by atoms with Crippen molar-refractivity contribution in [3.63, 3.8) is 0 Å². The topological polar surface area (TPSA) is 78.4 Å². The zero-order chi connectivity index (χ0) is 15.5. The Kier molecular flexibility index (Phi) is 5.16. The fourth-order valence-corrected chi connectivity index (χ4v) is 3.51. The van der Waals surface area contributed by atoms with Crippen LogP contribution in [0.25, 0.3) is 0 Å². The largest absolute Gasteiger partial charge is 0.478 e. The molecule has 0 unspecified atom stereocenters. The summed E-state index contributed by atoms with van der Waals surface area (Å²) in [7, 11) is 0. The number of amides is 2. The molecule has 0 spiro atoms. The maximum atomic E-state index is 11.9. The molecule has 114 valence electrons. The van der Waals surface area contributed by atoms with E-state index in [1.165, 1.54) is 12.5 Å². The van der Waals surface area contributed by atoms with Gasteiger partial charge in [-0.2, -0.15) is 11.8 Å². The second kappa shape index (κ2) is 6.70. The van der Waals surface area contributed by atoms with Gasteiger partial charge in [-0.05, 0) is 37.3 Å². The number of benzene rings is 1. The minimum Gasteiger partial charge on any atom is -0.478 e. The summed E-state index contributed by atoms with van der Waals surface area (Å²) >= 11 is 4.99. The number of carbonyl (C=O) groups is 2. The summed E-state index contributed by atoms with van der Waals surface area (Å²) in [6.45, 7) is 0.596. The van der Waals surface area contributed by atoms with Crippen molar-refractivity contribution >= 4 is 45.4 Å². The molecule has 1 aliphatic carbocycles. The number of carboxylic acid groups (broad SMARTS) is 1. The van der Waals surface area contributed by atoms with E-state index in [9.17, 15) is 9.59 Å². The minimum atomic E-state index is -1.08. The SMILES string of the molecule is CSC1(CNC(=O)Nc2ccc(Br)cc2C(=O)O)CCC1. The van der Waals surface area contributed by atoms with Gasteiger partial charge in [-0.3, -0.25) is 0 Å². The van der Waals surface area contributed by atoms with Crippen LogP contribution in [-0.4, -0.2) is 34.7 Å². The molecule has 2 rings (SSSR count). The van der Waals surface area contributed by atoms with E-state index in [0.29, 0.717) is 11.0 Å². The average molecular weight is 373 g/mol. The molecule has 1 fully saturated rings. The third kappa shape index (κ3) is 3.91. The van der Waals surface area contributed by atoms with Gasteiger partial charge in [0.25, 0.3) is 0 Å². The van der Waals surface area contributed by atoms with Crippen LogP contribution < -0.4 is 10.6 Å². The molecule has 0 saturated heterocycles. The predicted octanol–water partition coefficient (Wildman–Crippen LogP) is 3.55. The lowest BCUT2D eigenvalue weighted by atomic mass is 9.84. The minimum absolute atomic E-state index is 0.0581. The molecule has 7 heteroatoms. The third-order valence-electron chi connectivity index (χ3n) is 3.73.